The van der Waals surface area contributed by atoms with Gasteiger partial charge in [0.1, 0.15) is 11.6 Å². The molecule has 0 aromatic carbocycles. The molecule has 0 saturated carbocycles. The van der Waals surface area contributed by atoms with E-state index in [0.717, 1.165) is 17.7 Å². The maximum Gasteiger partial charge on any atom is 0.164 e. The zero-order chi connectivity index (χ0) is 13.8. The van der Waals surface area contributed by atoms with Crippen LogP contribution >= 0.6 is 0 Å². The number of nitrogens with zero attached hydrogens (tertiary/aromatic N) is 4. The molecule has 2 heterocycles. The Bertz CT molecular complexity index is 770. The van der Waals surface area contributed by atoms with Crippen LogP contribution in [0, 0.1) is 22.7 Å². The second kappa shape index (κ2) is 3.49. The molecule has 0 radical (unpaired) electrons. The molecule has 3 rings (SSSR count). The summed E-state index contributed by atoms with van der Waals surface area (Å²) in [5, 5.41) is 22.7. The molecule has 0 amide bonds. The standard InChI is InChI=1S/C14H13N5/c1-14(2)5-8(6-15)9-3-4-11-10(7-16)13(17)18-19(11)12(9)14/h3-4,8H,5H2,1-2H3,(H2,17,18). The fraction of sp³-hybridized carbons (Fsp3) is 0.357. The SMILES string of the molecule is CC1(C)CC(C#N)c2ccc3c(C#N)c(N)nn3c21. The van der Waals surface area contributed by atoms with E-state index >= 15 is 0 Å². The highest BCUT2D eigenvalue weighted by molar-refractivity contribution is 5.71. The molecule has 1 unspecified atom stereocenters. The van der Waals surface area contributed by atoms with E-state index in [1.165, 1.54) is 0 Å². The fourth-order valence-electron chi connectivity index (χ4n) is 3.05. The average molecular weight is 251 g/mol. The Morgan fingerprint density at radius 1 is 1.42 bits per heavy atom. The first kappa shape index (κ1) is 11.6. The van der Waals surface area contributed by atoms with Gasteiger partial charge in [-0.2, -0.15) is 10.5 Å². The molecule has 5 heteroatoms. The third-order valence-electron chi connectivity index (χ3n) is 3.85. The molecule has 2 aromatic heterocycles. The predicted molar refractivity (Wildman–Crippen MR) is 70.3 cm³/mol. The molecular formula is C14H13N5. The largest absolute Gasteiger partial charge is 0.381 e. The minimum absolute atomic E-state index is 0.120. The van der Waals surface area contributed by atoms with Gasteiger partial charge in [0.15, 0.2) is 5.82 Å². The van der Waals surface area contributed by atoms with E-state index in [9.17, 15) is 5.26 Å². The van der Waals surface area contributed by atoms with Crippen LogP contribution in [-0.4, -0.2) is 9.61 Å². The maximum atomic E-state index is 9.27. The molecule has 0 fully saturated rings. The van der Waals surface area contributed by atoms with Crippen molar-refractivity contribution in [3.63, 3.8) is 0 Å². The summed E-state index contributed by atoms with van der Waals surface area (Å²) in [6.45, 7) is 4.18. The molecule has 5 nitrogen and oxygen atoms in total. The average Bonchev–Trinajstić information content (AvgIpc) is 2.82. The summed E-state index contributed by atoms with van der Waals surface area (Å²) in [5.41, 5.74) is 8.74. The first-order valence-corrected chi connectivity index (χ1v) is 6.11. The van der Waals surface area contributed by atoms with E-state index in [2.05, 4.69) is 31.1 Å². The molecule has 0 saturated heterocycles. The van der Waals surface area contributed by atoms with Crippen LogP contribution in [0.3, 0.4) is 0 Å². The Balaban J connectivity index is 2.44. The molecule has 19 heavy (non-hydrogen) atoms. The summed E-state index contributed by atoms with van der Waals surface area (Å²) in [5.74, 6) is 0.123. The summed E-state index contributed by atoms with van der Waals surface area (Å²) < 4.78 is 1.74. The lowest BCUT2D eigenvalue weighted by Crippen LogP contribution is -2.17. The van der Waals surface area contributed by atoms with Gasteiger partial charge in [-0.1, -0.05) is 19.9 Å². The van der Waals surface area contributed by atoms with E-state index in [1.807, 2.05) is 12.1 Å². The minimum atomic E-state index is -0.152. The Labute approximate surface area is 110 Å². The van der Waals surface area contributed by atoms with E-state index in [-0.39, 0.29) is 17.2 Å². The zero-order valence-corrected chi connectivity index (χ0v) is 10.8. The fourth-order valence-corrected chi connectivity index (χ4v) is 3.05. The van der Waals surface area contributed by atoms with Crippen LogP contribution in [0.4, 0.5) is 5.82 Å². The lowest BCUT2D eigenvalue weighted by Gasteiger charge is -2.19. The third-order valence-corrected chi connectivity index (χ3v) is 3.85. The Kier molecular flexibility index (Phi) is 2.12. The Morgan fingerprint density at radius 3 is 2.79 bits per heavy atom. The first-order valence-electron chi connectivity index (χ1n) is 6.11. The summed E-state index contributed by atoms with van der Waals surface area (Å²) in [7, 11) is 0. The molecule has 0 spiro atoms. The topological polar surface area (TPSA) is 90.9 Å². The summed E-state index contributed by atoms with van der Waals surface area (Å²) in [4.78, 5) is 0. The van der Waals surface area contributed by atoms with Gasteiger partial charge in [0.05, 0.1) is 23.2 Å². The van der Waals surface area contributed by atoms with E-state index in [1.54, 1.807) is 4.52 Å². The van der Waals surface area contributed by atoms with Crippen LogP contribution in [0.2, 0.25) is 0 Å². The van der Waals surface area contributed by atoms with Gasteiger partial charge in [0, 0.05) is 5.41 Å². The Morgan fingerprint density at radius 2 is 2.16 bits per heavy atom. The quantitative estimate of drug-likeness (QED) is 0.776. The Hall–Kier alpha value is -2.53. The van der Waals surface area contributed by atoms with E-state index in [0.29, 0.717) is 11.1 Å². The van der Waals surface area contributed by atoms with Gasteiger partial charge >= 0.3 is 0 Å². The third kappa shape index (κ3) is 1.36. The smallest absolute Gasteiger partial charge is 0.164 e. The van der Waals surface area contributed by atoms with Gasteiger partial charge in [-0.05, 0) is 18.1 Å². The van der Waals surface area contributed by atoms with Crippen LogP contribution in [0.1, 0.15) is 43.0 Å². The van der Waals surface area contributed by atoms with E-state index < -0.39 is 0 Å². The van der Waals surface area contributed by atoms with Crippen molar-refractivity contribution in [2.45, 2.75) is 31.6 Å². The van der Waals surface area contributed by atoms with Gasteiger partial charge in [-0.3, -0.25) is 0 Å². The highest BCUT2D eigenvalue weighted by Crippen LogP contribution is 2.45. The van der Waals surface area contributed by atoms with Crippen LogP contribution in [0.25, 0.3) is 5.52 Å². The van der Waals surface area contributed by atoms with Crippen molar-refractivity contribution in [2.75, 3.05) is 5.73 Å². The highest BCUT2D eigenvalue weighted by Gasteiger charge is 2.39. The van der Waals surface area contributed by atoms with Crippen molar-refractivity contribution in [3.05, 3.63) is 29.0 Å². The number of nitriles is 2. The van der Waals surface area contributed by atoms with Crippen LogP contribution in [0.5, 0.6) is 0 Å². The van der Waals surface area contributed by atoms with Gasteiger partial charge < -0.3 is 5.73 Å². The second-order valence-corrected chi connectivity index (χ2v) is 5.58. The lowest BCUT2D eigenvalue weighted by atomic mass is 9.89. The minimum Gasteiger partial charge on any atom is -0.381 e. The number of pyridine rings is 1. The highest BCUT2D eigenvalue weighted by atomic mass is 15.3. The van der Waals surface area contributed by atoms with Gasteiger partial charge in [0.2, 0.25) is 0 Å². The molecule has 1 atom stereocenters. The van der Waals surface area contributed by atoms with Crippen molar-refractivity contribution in [3.8, 4) is 12.1 Å². The predicted octanol–water partition coefficient (Wildman–Crippen LogP) is 2.08. The number of hydrogen-bond donors (Lipinski definition) is 1. The lowest BCUT2D eigenvalue weighted by molar-refractivity contribution is 0.485. The van der Waals surface area contributed by atoms with Crippen molar-refractivity contribution in [2.24, 2.45) is 0 Å². The van der Waals surface area contributed by atoms with Crippen LogP contribution in [0.15, 0.2) is 12.1 Å². The van der Waals surface area contributed by atoms with Gasteiger partial charge in [0.25, 0.3) is 0 Å². The molecule has 1 aliphatic carbocycles. The van der Waals surface area contributed by atoms with Crippen molar-refractivity contribution >= 4 is 11.3 Å². The summed E-state index contributed by atoms with van der Waals surface area (Å²) >= 11 is 0. The van der Waals surface area contributed by atoms with Crippen molar-refractivity contribution < 1.29 is 0 Å². The second-order valence-electron chi connectivity index (χ2n) is 5.58. The van der Waals surface area contributed by atoms with Gasteiger partial charge in [-0.15, -0.1) is 5.10 Å². The summed E-state index contributed by atoms with van der Waals surface area (Å²) in [6, 6.07) is 8.18. The molecule has 0 bridgehead atoms. The first-order chi connectivity index (χ1) is 8.99. The van der Waals surface area contributed by atoms with Crippen LogP contribution < -0.4 is 5.73 Å². The normalized spacial score (nSPS) is 19.9. The van der Waals surface area contributed by atoms with Gasteiger partial charge in [-0.25, -0.2) is 4.52 Å². The number of nitrogen functional groups attached to an aromatic ring is 1. The molecule has 1 aliphatic rings. The number of fused-ring (bicyclic) bond motifs is 3. The number of aromatic nitrogens is 2. The van der Waals surface area contributed by atoms with Crippen LogP contribution in [-0.2, 0) is 5.41 Å². The summed E-state index contributed by atoms with van der Waals surface area (Å²) in [6.07, 6.45) is 0.763. The number of rotatable bonds is 0. The molecule has 2 N–H and O–H groups in total. The molecule has 0 aliphatic heterocycles. The number of anilines is 1. The molecule has 2 aromatic rings. The van der Waals surface area contributed by atoms with Crippen molar-refractivity contribution in [1.82, 2.24) is 9.61 Å². The monoisotopic (exact) mass is 251 g/mol. The number of hydrogen-bond acceptors (Lipinski definition) is 4. The molecular weight excluding hydrogens is 238 g/mol. The van der Waals surface area contributed by atoms with Crippen molar-refractivity contribution in [1.29, 1.82) is 10.5 Å². The maximum absolute atomic E-state index is 9.27. The zero-order valence-electron chi connectivity index (χ0n) is 10.8. The van der Waals surface area contributed by atoms with E-state index in [4.69, 9.17) is 11.0 Å². The molecule has 94 valence electrons. The number of nitrogens with two attached hydrogens (primary N) is 1.